The molecule has 0 spiro atoms. The van der Waals surface area contributed by atoms with E-state index in [2.05, 4.69) is 11.4 Å². The third-order valence-electron chi connectivity index (χ3n) is 4.92. The Morgan fingerprint density at radius 1 is 1.00 bits per heavy atom. The van der Waals surface area contributed by atoms with Crippen LogP contribution in [-0.4, -0.2) is 12.7 Å². The molecule has 2 heterocycles. The molecule has 1 atom stereocenters. The predicted octanol–water partition coefficient (Wildman–Crippen LogP) is 4.06. The van der Waals surface area contributed by atoms with Gasteiger partial charge < -0.3 is 14.8 Å². The Morgan fingerprint density at radius 2 is 1.79 bits per heavy atom. The van der Waals surface area contributed by atoms with Gasteiger partial charge in [-0.15, -0.1) is 0 Å². The fourth-order valence-electron chi connectivity index (χ4n) is 3.53. The van der Waals surface area contributed by atoms with Gasteiger partial charge in [-0.1, -0.05) is 24.3 Å². The number of para-hydroxylation sites is 1. The Balaban J connectivity index is 1.63. The van der Waals surface area contributed by atoms with Crippen LogP contribution in [0.4, 0.5) is 11.4 Å². The SMILES string of the molecule is N#Cc1ccc([C@H]2Nc3ccccc3C(=O)N2c2ccc3c(c2)OCO3)cc1. The zero-order valence-corrected chi connectivity index (χ0v) is 14.8. The summed E-state index contributed by atoms with van der Waals surface area (Å²) in [6.07, 6.45) is -0.421. The van der Waals surface area contributed by atoms with Crippen molar-refractivity contribution < 1.29 is 14.3 Å². The minimum absolute atomic E-state index is 0.109. The molecule has 5 rings (SSSR count). The molecule has 0 bridgehead atoms. The number of hydrogen-bond acceptors (Lipinski definition) is 5. The monoisotopic (exact) mass is 369 g/mol. The fraction of sp³-hybridized carbons (Fsp3) is 0.0909. The number of nitrogens with one attached hydrogen (secondary N) is 1. The molecule has 6 nitrogen and oxygen atoms in total. The third-order valence-corrected chi connectivity index (χ3v) is 4.92. The lowest BCUT2D eigenvalue weighted by molar-refractivity contribution is 0.0975. The maximum Gasteiger partial charge on any atom is 0.262 e. The fourth-order valence-corrected chi connectivity index (χ4v) is 3.53. The standard InChI is InChI=1S/C22H15N3O3/c23-12-14-5-7-15(8-6-14)21-24-18-4-2-1-3-17(18)22(26)25(21)16-9-10-19-20(11-16)28-13-27-19/h1-11,21,24H,13H2/t21-/m0/s1. The molecule has 0 saturated carbocycles. The second-order valence-electron chi connectivity index (χ2n) is 6.54. The average molecular weight is 369 g/mol. The van der Waals surface area contributed by atoms with Crippen molar-refractivity contribution in [3.05, 3.63) is 83.4 Å². The van der Waals surface area contributed by atoms with Gasteiger partial charge >= 0.3 is 0 Å². The number of rotatable bonds is 2. The number of nitriles is 1. The molecule has 1 amide bonds. The zero-order valence-electron chi connectivity index (χ0n) is 14.8. The highest BCUT2D eigenvalue weighted by Crippen LogP contribution is 2.41. The summed E-state index contributed by atoms with van der Waals surface area (Å²) < 4.78 is 10.9. The molecule has 0 aromatic heterocycles. The minimum atomic E-state index is -0.421. The summed E-state index contributed by atoms with van der Waals surface area (Å²) in [5.74, 6) is 1.17. The first-order valence-electron chi connectivity index (χ1n) is 8.83. The number of ether oxygens (including phenoxy) is 2. The van der Waals surface area contributed by atoms with Crippen LogP contribution in [0.5, 0.6) is 11.5 Å². The smallest absolute Gasteiger partial charge is 0.262 e. The van der Waals surface area contributed by atoms with Crippen molar-refractivity contribution in [3.8, 4) is 17.6 Å². The minimum Gasteiger partial charge on any atom is -0.454 e. The molecule has 6 heteroatoms. The van der Waals surface area contributed by atoms with E-state index in [-0.39, 0.29) is 12.7 Å². The van der Waals surface area contributed by atoms with Gasteiger partial charge in [-0.05, 0) is 42.0 Å². The highest BCUT2D eigenvalue weighted by molar-refractivity contribution is 6.12. The van der Waals surface area contributed by atoms with Crippen LogP contribution in [0.3, 0.4) is 0 Å². The number of benzene rings is 3. The molecule has 0 unspecified atom stereocenters. The summed E-state index contributed by atoms with van der Waals surface area (Å²) in [7, 11) is 0. The van der Waals surface area contributed by atoms with Gasteiger partial charge in [-0.25, -0.2) is 0 Å². The molecule has 1 N–H and O–H groups in total. The molecule has 2 aliphatic rings. The van der Waals surface area contributed by atoms with Crippen molar-refractivity contribution in [1.82, 2.24) is 0 Å². The summed E-state index contributed by atoms with van der Waals surface area (Å²) in [6.45, 7) is 0.173. The van der Waals surface area contributed by atoms with Crippen LogP contribution in [0.1, 0.15) is 27.7 Å². The van der Waals surface area contributed by atoms with Crippen LogP contribution < -0.4 is 19.7 Å². The molecule has 3 aromatic rings. The average Bonchev–Trinajstić information content (AvgIpc) is 3.21. The molecule has 0 fully saturated rings. The van der Waals surface area contributed by atoms with E-state index in [1.807, 2.05) is 42.5 Å². The Morgan fingerprint density at radius 3 is 2.61 bits per heavy atom. The van der Waals surface area contributed by atoms with Crippen molar-refractivity contribution in [2.75, 3.05) is 17.0 Å². The van der Waals surface area contributed by atoms with Gasteiger partial charge in [0, 0.05) is 11.8 Å². The highest BCUT2D eigenvalue weighted by Gasteiger charge is 2.34. The number of nitrogens with zero attached hydrogens (tertiary/aromatic N) is 2. The van der Waals surface area contributed by atoms with E-state index >= 15 is 0 Å². The first-order chi connectivity index (χ1) is 13.7. The molecule has 0 saturated heterocycles. The number of hydrogen-bond donors (Lipinski definition) is 1. The van der Waals surface area contributed by atoms with E-state index in [0.717, 1.165) is 11.3 Å². The number of carbonyl (C=O) groups is 1. The lowest BCUT2D eigenvalue weighted by Gasteiger charge is -2.38. The predicted molar refractivity (Wildman–Crippen MR) is 103 cm³/mol. The van der Waals surface area contributed by atoms with Crippen molar-refractivity contribution in [2.45, 2.75) is 6.17 Å². The normalized spacial score (nSPS) is 16.9. The van der Waals surface area contributed by atoms with Crippen LogP contribution in [0, 0.1) is 11.3 Å². The summed E-state index contributed by atoms with van der Waals surface area (Å²) in [5.41, 5.74) is 3.52. The van der Waals surface area contributed by atoms with Crippen LogP contribution in [0.25, 0.3) is 0 Å². The van der Waals surface area contributed by atoms with Gasteiger partial charge in [-0.3, -0.25) is 9.69 Å². The molecule has 0 aliphatic carbocycles. The summed E-state index contributed by atoms with van der Waals surface area (Å²) >= 11 is 0. The number of amides is 1. The van der Waals surface area contributed by atoms with Crippen LogP contribution in [0.2, 0.25) is 0 Å². The maximum absolute atomic E-state index is 13.4. The first kappa shape index (κ1) is 16.2. The molecule has 2 aliphatic heterocycles. The van der Waals surface area contributed by atoms with E-state index < -0.39 is 6.17 Å². The van der Waals surface area contributed by atoms with Crippen molar-refractivity contribution >= 4 is 17.3 Å². The quantitative estimate of drug-likeness (QED) is 0.737. The van der Waals surface area contributed by atoms with Gasteiger partial charge in [0.2, 0.25) is 6.79 Å². The third kappa shape index (κ3) is 2.53. The summed E-state index contributed by atoms with van der Waals surface area (Å²) in [5, 5.41) is 12.5. The van der Waals surface area contributed by atoms with Crippen LogP contribution in [0.15, 0.2) is 66.7 Å². The second kappa shape index (κ2) is 6.32. The Labute approximate surface area is 161 Å². The topological polar surface area (TPSA) is 74.6 Å². The van der Waals surface area contributed by atoms with Gasteiger partial charge in [0.15, 0.2) is 11.5 Å². The van der Waals surface area contributed by atoms with Crippen LogP contribution in [-0.2, 0) is 0 Å². The number of anilines is 2. The van der Waals surface area contributed by atoms with Gasteiger partial charge in [0.25, 0.3) is 5.91 Å². The van der Waals surface area contributed by atoms with Crippen molar-refractivity contribution in [2.24, 2.45) is 0 Å². The first-order valence-corrected chi connectivity index (χ1v) is 8.83. The van der Waals surface area contributed by atoms with E-state index in [0.29, 0.717) is 28.3 Å². The Kier molecular flexibility index (Phi) is 3.66. The highest BCUT2D eigenvalue weighted by atomic mass is 16.7. The maximum atomic E-state index is 13.4. The van der Waals surface area contributed by atoms with E-state index in [1.54, 1.807) is 29.2 Å². The lowest BCUT2D eigenvalue weighted by Crippen LogP contribution is -2.43. The molecule has 0 radical (unpaired) electrons. The Bertz CT molecular complexity index is 1120. The van der Waals surface area contributed by atoms with E-state index in [1.165, 1.54) is 0 Å². The van der Waals surface area contributed by atoms with Crippen molar-refractivity contribution in [3.63, 3.8) is 0 Å². The van der Waals surface area contributed by atoms with E-state index in [9.17, 15) is 4.79 Å². The van der Waals surface area contributed by atoms with Gasteiger partial charge in [0.05, 0.1) is 22.9 Å². The summed E-state index contributed by atoms with van der Waals surface area (Å²) in [6, 6.07) is 22.2. The summed E-state index contributed by atoms with van der Waals surface area (Å²) in [4.78, 5) is 15.1. The van der Waals surface area contributed by atoms with Gasteiger partial charge in [-0.2, -0.15) is 5.26 Å². The molecule has 3 aromatic carbocycles. The largest absolute Gasteiger partial charge is 0.454 e. The Hall–Kier alpha value is -3.98. The molecule has 28 heavy (non-hydrogen) atoms. The van der Waals surface area contributed by atoms with Gasteiger partial charge in [0.1, 0.15) is 6.17 Å². The second-order valence-corrected chi connectivity index (χ2v) is 6.54. The lowest BCUT2D eigenvalue weighted by atomic mass is 10.0. The molecular weight excluding hydrogens is 354 g/mol. The number of carbonyl (C=O) groups excluding carboxylic acids is 1. The zero-order chi connectivity index (χ0) is 19.1. The molecule has 136 valence electrons. The van der Waals surface area contributed by atoms with E-state index in [4.69, 9.17) is 14.7 Å². The van der Waals surface area contributed by atoms with Crippen LogP contribution >= 0.6 is 0 Å². The number of fused-ring (bicyclic) bond motifs is 2. The molecular formula is C22H15N3O3. The van der Waals surface area contributed by atoms with Crippen molar-refractivity contribution in [1.29, 1.82) is 5.26 Å².